The molecule has 26 heavy (non-hydrogen) atoms. The maximum absolute atomic E-state index is 12.6. The Labute approximate surface area is 154 Å². The van der Waals surface area contributed by atoms with Crippen molar-refractivity contribution in [2.45, 2.75) is 51.8 Å². The number of aliphatic hydroxyl groups excluding tert-OH is 1. The molecule has 0 fully saturated rings. The van der Waals surface area contributed by atoms with Gasteiger partial charge in [-0.1, -0.05) is 25.1 Å². The van der Waals surface area contributed by atoms with Crippen molar-refractivity contribution in [1.29, 1.82) is 0 Å². The summed E-state index contributed by atoms with van der Waals surface area (Å²) in [5, 5.41) is 14.5. The minimum absolute atomic E-state index is 0.147. The van der Waals surface area contributed by atoms with Gasteiger partial charge in [0.1, 0.15) is 5.75 Å². The molecule has 6 nitrogen and oxygen atoms in total. The predicted molar refractivity (Wildman–Crippen MR) is 98.7 cm³/mol. The van der Waals surface area contributed by atoms with Gasteiger partial charge in [0.05, 0.1) is 30.6 Å². The number of benzene rings is 1. The molecule has 1 amide bonds. The van der Waals surface area contributed by atoms with E-state index in [-0.39, 0.29) is 5.91 Å². The number of aromatic nitrogens is 2. The minimum Gasteiger partial charge on any atom is -0.494 e. The molecule has 0 radical (unpaired) electrons. The zero-order chi connectivity index (χ0) is 18.4. The molecule has 0 unspecified atom stereocenters. The summed E-state index contributed by atoms with van der Waals surface area (Å²) in [7, 11) is 0. The molecule has 1 N–H and O–H groups in total. The van der Waals surface area contributed by atoms with Crippen LogP contribution in [0.25, 0.3) is 0 Å². The lowest BCUT2D eigenvalue weighted by Gasteiger charge is -2.20. The van der Waals surface area contributed by atoms with E-state index in [1.807, 2.05) is 52.9 Å². The highest BCUT2D eigenvalue weighted by Crippen LogP contribution is 2.20. The second kappa shape index (κ2) is 8.85. The fourth-order valence-electron chi connectivity index (χ4n) is 3.16. The van der Waals surface area contributed by atoms with Gasteiger partial charge >= 0.3 is 0 Å². The van der Waals surface area contributed by atoms with Gasteiger partial charge in [0.15, 0.2) is 0 Å². The van der Waals surface area contributed by atoms with E-state index in [9.17, 15) is 9.90 Å². The largest absolute Gasteiger partial charge is 0.494 e. The molecule has 1 aliphatic rings. The van der Waals surface area contributed by atoms with Crippen molar-refractivity contribution in [3.05, 3.63) is 47.8 Å². The van der Waals surface area contributed by atoms with Crippen molar-refractivity contribution in [3.8, 4) is 5.75 Å². The van der Waals surface area contributed by atoms with Crippen molar-refractivity contribution in [3.63, 3.8) is 0 Å². The third-order valence-corrected chi connectivity index (χ3v) is 4.66. The van der Waals surface area contributed by atoms with Gasteiger partial charge < -0.3 is 14.7 Å². The normalized spacial score (nSPS) is 15.2. The zero-order valence-electron chi connectivity index (χ0n) is 15.3. The van der Waals surface area contributed by atoms with Crippen LogP contribution in [0.4, 0.5) is 0 Å². The molecule has 0 saturated heterocycles. The van der Waals surface area contributed by atoms with Crippen LogP contribution in [0.2, 0.25) is 0 Å². The smallest absolute Gasteiger partial charge is 0.223 e. The van der Waals surface area contributed by atoms with Gasteiger partial charge in [-0.2, -0.15) is 5.10 Å². The molecule has 6 heteroatoms. The van der Waals surface area contributed by atoms with Crippen LogP contribution in [0.3, 0.4) is 0 Å². The number of rotatable bonds is 7. The fraction of sp³-hybridized carbons (Fsp3) is 0.500. The number of carbonyl (C=O) groups is 1. The summed E-state index contributed by atoms with van der Waals surface area (Å²) in [5.41, 5.74) is 1.70. The van der Waals surface area contributed by atoms with Gasteiger partial charge in [-0.3, -0.25) is 9.48 Å². The van der Waals surface area contributed by atoms with E-state index in [0.717, 1.165) is 31.0 Å². The summed E-state index contributed by atoms with van der Waals surface area (Å²) in [6.07, 6.45) is 2.16. The summed E-state index contributed by atoms with van der Waals surface area (Å²) >= 11 is 0. The summed E-state index contributed by atoms with van der Waals surface area (Å²) in [6, 6.07) is 11.6. The molecule has 2 heterocycles. The third-order valence-electron chi connectivity index (χ3n) is 4.66. The zero-order valence-corrected chi connectivity index (χ0v) is 15.3. The second-order valence-corrected chi connectivity index (χ2v) is 6.64. The first kappa shape index (κ1) is 18.5. The molecule has 0 spiro atoms. The van der Waals surface area contributed by atoms with E-state index in [1.165, 1.54) is 0 Å². The van der Waals surface area contributed by atoms with Crippen LogP contribution >= 0.6 is 0 Å². The second-order valence-electron chi connectivity index (χ2n) is 6.64. The van der Waals surface area contributed by atoms with E-state index >= 15 is 0 Å². The maximum atomic E-state index is 12.6. The van der Waals surface area contributed by atoms with Crippen LogP contribution in [0.15, 0.2) is 36.4 Å². The first-order valence-corrected chi connectivity index (χ1v) is 9.37. The average molecular weight is 357 g/mol. The van der Waals surface area contributed by atoms with Crippen LogP contribution in [-0.4, -0.2) is 38.8 Å². The van der Waals surface area contributed by atoms with Crippen LogP contribution in [0, 0.1) is 0 Å². The Balaban J connectivity index is 1.50. The highest BCUT2D eigenvalue weighted by Gasteiger charge is 2.21. The number of hydrogen-bond donors (Lipinski definition) is 1. The molecule has 1 aromatic heterocycles. The Morgan fingerprint density at radius 3 is 2.88 bits per heavy atom. The standard InChI is InChI=1S/C20H27N3O3/c1-2-19(24)18-14-16-15-22(11-7-12-23(16)21-18)20(25)10-6-13-26-17-8-4-3-5-9-17/h3-5,8-9,14,19,24H,2,6-7,10-13,15H2,1H3/t19-/m1/s1. The van der Waals surface area contributed by atoms with Crippen LogP contribution in [-0.2, 0) is 17.9 Å². The van der Waals surface area contributed by atoms with Crippen molar-refractivity contribution in [1.82, 2.24) is 14.7 Å². The van der Waals surface area contributed by atoms with E-state index in [0.29, 0.717) is 38.1 Å². The Hall–Kier alpha value is -2.34. The predicted octanol–water partition coefficient (Wildman–Crippen LogP) is 2.92. The fourth-order valence-corrected chi connectivity index (χ4v) is 3.16. The lowest BCUT2D eigenvalue weighted by Crippen LogP contribution is -2.30. The van der Waals surface area contributed by atoms with Crippen LogP contribution < -0.4 is 4.74 Å². The number of carbonyl (C=O) groups excluding carboxylic acids is 1. The number of para-hydroxylation sites is 1. The number of ether oxygens (including phenoxy) is 1. The molecule has 3 rings (SSSR count). The van der Waals surface area contributed by atoms with Crippen molar-refractivity contribution < 1.29 is 14.6 Å². The summed E-state index contributed by atoms with van der Waals surface area (Å²) in [4.78, 5) is 14.5. The van der Waals surface area contributed by atoms with Gasteiger partial charge in [-0.15, -0.1) is 0 Å². The number of fused-ring (bicyclic) bond motifs is 1. The summed E-state index contributed by atoms with van der Waals surface area (Å²) in [5.74, 6) is 0.981. The van der Waals surface area contributed by atoms with E-state index in [4.69, 9.17) is 4.74 Å². The topological polar surface area (TPSA) is 67.6 Å². The number of nitrogens with zero attached hydrogens (tertiary/aromatic N) is 3. The van der Waals surface area contributed by atoms with Crippen molar-refractivity contribution in [2.75, 3.05) is 13.2 Å². The Morgan fingerprint density at radius 2 is 2.12 bits per heavy atom. The van der Waals surface area contributed by atoms with Gasteiger partial charge in [0.2, 0.25) is 5.91 Å². The van der Waals surface area contributed by atoms with E-state index in [2.05, 4.69) is 5.10 Å². The first-order chi connectivity index (χ1) is 12.7. The number of amides is 1. The average Bonchev–Trinajstić information content (AvgIpc) is 2.96. The molecule has 0 bridgehead atoms. The maximum Gasteiger partial charge on any atom is 0.223 e. The van der Waals surface area contributed by atoms with Crippen LogP contribution in [0.5, 0.6) is 5.75 Å². The third kappa shape index (κ3) is 4.64. The SMILES string of the molecule is CC[C@@H](O)c1cc2n(n1)CCCN(C(=O)CCCOc1ccccc1)C2. The van der Waals surface area contributed by atoms with Crippen molar-refractivity contribution in [2.24, 2.45) is 0 Å². The van der Waals surface area contributed by atoms with E-state index < -0.39 is 6.10 Å². The lowest BCUT2D eigenvalue weighted by molar-refractivity contribution is -0.132. The molecular formula is C20H27N3O3. The molecule has 2 aromatic rings. The summed E-state index contributed by atoms with van der Waals surface area (Å²) in [6.45, 7) is 4.55. The highest BCUT2D eigenvalue weighted by atomic mass is 16.5. The first-order valence-electron chi connectivity index (χ1n) is 9.37. The molecule has 0 saturated carbocycles. The minimum atomic E-state index is -0.534. The number of hydrogen-bond acceptors (Lipinski definition) is 4. The molecule has 1 aliphatic heterocycles. The van der Waals surface area contributed by atoms with Gasteiger partial charge in [0.25, 0.3) is 0 Å². The Kier molecular flexibility index (Phi) is 6.28. The molecule has 140 valence electrons. The van der Waals surface area contributed by atoms with Crippen LogP contribution in [0.1, 0.15) is 50.1 Å². The quantitative estimate of drug-likeness (QED) is 0.774. The number of aryl methyl sites for hydroxylation is 1. The van der Waals surface area contributed by atoms with Gasteiger partial charge in [0, 0.05) is 19.5 Å². The molecule has 1 aromatic carbocycles. The van der Waals surface area contributed by atoms with Gasteiger partial charge in [-0.25, -0.2) is 0 Å². The molecule has 1 atom stereocenters. The highest BCUT2D eigenvalue weighted by molar-refractivity contribution is 5.76. The Morgan fingerprint density at radius 1 is 1.31 bits per heavy atom. The monoisotopic (exact) mass is 357 g/mol. The molecular weight excluding hydrogens is 330 g/mol. The lowest BCUT2D eigenvalue weighted by atomic mass is 10.2. The summed E-state index contributed by atoms with van der Waals surface area (Å²) < 4.78 is 7.58. The molecule has 0 aliphatic carbocycles. The van der Waals surface area contributed by atoms with E-state index in [1.54, 1.807) is 0 Å². The Bertz CT molecular complexity index is 714. The van der Waals surface area contributed by atoms with Gasteiger partial charge in [-0.05, 0) is 37.5 Å². The number of aliphatic hydroxyl groups is 1. The van der Waals surface area contributed by atoms with Crippen molar-refractivity contribution >= 4 is 5.91 Å².